The fourth-order valence-electron chi connectivity index (χ4n) is 2.09. The van der Waals surface area contributed by atoms with E-state index in [0.717, 1.165) is 11.2 Å². The topological polar surface area (TPSA) is 72.4 Å². The Morgan fingerprint density at radius 3 is 2.84 bits per heavy atom. The summed E-state index contributed by atoms with van der Waals surface area (Å²) in [5.41, 5.74) is 7.93. The van der Waals surface area contributed by atoms with Gasteiger partial charge in [0.2, 0.25) is 5.91 Å². The average molecular weight is 261 g/mol. The third kappa shape index (κ3) is 2.61. The number of rotatable bonds is 4. The molecule has 5 nitrogen and oxygen atoms in total. The quantitative estimate of drug-likeness (QED) is 0.914. The number of fused-ring (bicyclic) bond motifs is 1. The molecule has 2 rings (SSSR count). The van der Waals surface area contributed by atoms with Crippen LogP contribution in [0.4, 0.5) is 5.69 Å². The Kier molecular flexibility index (Phi) is 3.85. The Balaban J connectivity index is 2.27. The van der Waals surface area contributed by atoms with E-state index in [1.807, 2.05) is 32.0 Å². The van der Waals surface area contributed by atoms with Crippen LogP contribution in [-0.4, -0.2) is 24.5 Å². The summed E-state index contributed by atoms with van der Waals surface area (Å²) in [5, 5.41) is 0. The maximum atomic E-state index is 12.4. The average Bonchev–Trinajstić information content (AvgIpc) is 2.85. The SMILES string of the molecule is CC(C)C(CN)C(=O)N(C)c1ccc2ncoc2c1. The molecule has 1 unspecified atom stereocenters. The zero-order valence-corrected chi connectivity index (χ0v) is 11.5. The molecule has 102 valence electrons. The first-order valence-electron chi connectivity index (χ1n) is 6.35. The predicted molar refractivity (Wildman–Crippen MR) is 74.8 cm³/mol. The van der Waals surface area contributed by atoms with E-state index in [1.165, 1.54) is 6.39 Å². The number of nitrogens with two attached hydrogens (primary N) is 1. The van der Waals surface area contributed by atoms with Gasteiger partial charge in [0, 0.05) is 25.3 Å². The molecule has 0 aliphatic rings. The van der Waals surface area contributed by atoms with Crippen molar-refractivity contribution in [1.82, 2.24) is 4.98 Å². The molecule has 19 heavy (non-hydrogen) atoms. The summed E-state index contributed by atoms with van der Waals surface area (Å²) in [7, 11) is 1.75. The third-order valence-corrected chi connectivity index (χ3v) is 3.41. The normalized spacial score (nSPS) is 12.9. The highest BCUT2D eigenvalue weighted by molar-refractivity contribution is 5.96. The number of carbonyl (C=O) groups is 1. The third-order valence-electron chi connectivity index (χ3n) is 3.41. The molecule has 0 spiro atoms. The highest BCUT2D eigenvalue weighted by atomic mass is 16.3. The van der Waals surface area contributed by atoms with Crippen LogP contribution >= 0.6 is 0 Å². The Labute approximate surface area is 112 Å². The fraction of sp³-hybridized carbons (Fsp3) is 0.429. The minimum atomic E-state index is -0.171. The van der Waals surface area contributed by atoms with Crippen LogP contribution in [0.2, 0.25) is 0 Å². The van der Waals surface area contributed by atoms with Gasteiger partial charge in [0.15, 0.2) is 12.0 Å². The van der Waals surface area contributed by atoms with Crippen LogP contribution in [0.3, 0.4) is 0 Å². The van der Waals surface area contributed by atoms with Gasteiger partial charge in [-0.3, -0.25) is 4.79 Å². The number of hydrogen-bond acceptors (Lipinski definition) is 4. The smallest absolute Gasteiger partial charge is 0.231 e. The van der Waals surface area contributed by atoms with E-state index in [1.54, 1.807) is 11.9 Å². The van der Waals surface area contributed by atoms with Gasteiger partial charge in [0.1, 0.15) is 5.52 Å². The van der Waals surface area contributed by atoms with Crippen LogP contribution in [-0.2, 0) is 4.79 Å². The molecular formula is C14H19N3O2. The molecule has 2 aromatic rings. The molecule has 1 heterocycles. The molecule has 0 saturated heterocycles. The number of benzene rings is 1. The molecule has 0 aliphatic heterocycles. The molecule has 5 heteroatoms. The van der Waals surface area contributed by atoms with Crippen molar-refractivity contribution >= 4 is 22.7 Å². The van der Waals surface area contributed by atoms with Crippen LogP contribution < -0.4 is 10.6 Å². The van der Waals surface area contributed by atoms with Crippen LogP contribution in [0.15, 0.2) is 29.0 Å². The van der Waals surface area contributed by atoms with Crippen molar-refractivity contribution in [3.63, 3.8) is 0 Å². The molecule has 0 bridgehead atoms. The first-order chi connectivity index (χ1) is 9.04. The predicted octanol–water partition coefficient (Wildman–Crippen LogP) is 2.02. The second-order valence-electron chi connectivity index (χ2n) is 4.99. The molecule has 0 radical (unpaired) electrons. The summed E-state index contributed by atoms with van der Waals surface area (Å²) >= 11 is 0. The monoisotopic (exact) mass is 261 g/mol. The molecule has 2 N–H and O–H groups in total. The first kappa shape index (κ1) is 13.5. The lowest BCUT2D eigenvalue weighted by molar-refractivity contribution is -0.123. The summed E-state index contributed by atoms with van der Waals surface area (Å²) in [5.74, 6) is 0.0701. The van der Waals surface area contributed by atoms with Crippen molar-refractivity contribution in [2.24, 2.45) is 17.6 Å². The van der Waals surface area contributed by atoms with E-state index in [9.17, 15) is 4.79 Å². The van der Waals surface area contributed by atoms with Crippen LogP contribution in [0.5, 0.6) is 0 Å². The number of anilines is 1. The zero-order chi connectivity index (χ0) is 14.0. The van der Waals surface area contributed by atoms with Crippen LogP contribution in [0, 0.1) is 11.8 Å². The van der Waals surface area contributed by atoms with Crippen LogP contribution in [0.25, 0.3) is 11.1 Å². The maximum Gasteiger partial charge on any atom is 0.231 e. The summed E-state index contributed by atoms with van der Waals surface area (Å²) in [4.78, 5) is 18.1. The minimum absolute atomic E-state index is 0.0244. The Bertz CT molecular complexity index is 577. The summed E-state index contributed by atoms with van der Waals surface area (Å²) < 4.78 is 5.25. The summed E-state index contributed by atoms with van der Waals surface area (Å²) in [6, 6.07) is 5.51. The summed E-state index contributed by atoms with van der Waals surface area (Å²) in [6.45, 7) is 4.36. The highest BCUT2D eigenvalue weighted by Gasteiger charge is 2.24. The van der Waals surface area contributed by atoms with Crippen molar-refractivity contribution in [2.75, 3.05) is 18.5 Å². The van der Waals surface area contributed by atoms with Crippen molar-refractivity contribution in [2.45, 2.75) is 13.8 Å². The molecule has 1 amide bonds. The van der Waals surface area contributed by atoms with E-state index < -0.39 is 0 Å². The number of nitrogens with zero attached hydrogens (tertiary/aromatic N) is 2. The largest absolute Gasteiger partial charge is 0.443 e. The number of carbonyl (C=O) groups excluding carboxylic acids is 1. The second kappa shape index (κ2) is 5.40. The standard InChI is InChI=1S/C14H19N3O2/c1-9(2)11(7-15)14(18)17(3)10-4-5-12-13(6-10)19-8-16-12/h4-6,8-9,11H,7,15H2,1-3H3. The molecular weight excluding hydrogens is 242 g/mol. The lowest BCUT2D eigenvalue weighted by atomic mass is 9.94. The molecule has 0 aliphatic carbocycles. The highest BCUT2D eigenvalue weighted by Crippen LogP contribution is 2.23. The van der Waals surface area contributed by atoms with Gasteiger partial charge in [-0.1, -0.05) is 13.8 Å². The van der Waals surface area contributed by atoms with Gasteiger partial charge in [-0.05, 0) is 18.1 Å². The minimum Gasteiger partial charge on any atom is -0.443 e. The molecule has 1 aromatic heterocycles. The molecule has 0 saturated carbocycles. The van der Waals surface area contributed by atoms with E-state index >= 15 is 0 Å². The van der Waals surface area contributed by atoms with E-state index in [4.69, 9.17) is 10.2 Å². The lowest BCUT2D eigenvalue weighted by Crippen LogP contribution is -2.39. The number of oxazole rings is 1. The van der Waals surface area contributed by atoms with E-state index in [0.29, 0.717) is 12.1 Å². The van der Waals surface area contributed by atoms with Gasteiger partial charge in [-0.25, -0.2) is 4.98 Å². The van der Waals surface area contributed by atoms with Gasteiger partial charge >= 0.3 is 0 Å². The van der Waals surface area contributed by atoms with Gasteiger partial charge in [-0.15, -0.1) is 0 Å². The molecule has 1 atom stereocenters. The van der Waals surface area contributed by atoms with Crippen molar-refractivity contribution < 1.29 is 9.21 Å². The van der Waals surface area contributed by atoms with Gasteiger partial charge in [-0.2, -0.15) is 0 Å². The Morgan fingerprint density at radius 1 is 1.47 bits per heavy atom. The first-order valence-corrected chi connectivity index (χ1v) is 6.35. The van der Waals surface area contributed by atoms with E-state index in [2.05, 4.69) is 4.98 Å². The van der Waals surface area contributed by atoms with Gasteiger partial charge in [0.25, 0.3) is 0 Å². The van der Waals surface area contributed by atoms with E-state index in [-0.39, 0.29) is 17.7 Å². The summed E-state index contributed by atoms with van der Waals surface area (Å²) in [6.07, 6.45) is 1.40. The zero-order valence-electron chi connectivity index (χ0n) is 11.5. The van der Waals surface area contributed by atoms with Gasteiger partial charge < -0.3 is 15.1 Å². The lowest BCUT2D eigenvalue weighted by Gasteiger charge is -2.25. The fourth-order valence-corrected chi connectivity index (χ4v) is 2.09. The second-order valence-corrected chi connectivity index (χ2v) is 4.99. The van der Waals surface area contributed by atoms with Crippen LogP contribution in [0.1, 0.15) is 13.8 Å². The number of aromatic nitrogens is 1. The van der Waals surface area contributed by atoms with Crippen molar-refractivity contribution in [3.05, 3.63) is 24.6 Å². The molecule has 1 aromatic carbocycles. The van der Waals surface area contributed by atoms with Gasteiger partial charge in [0.05, 0.1) is 5.92 Å². The Morgan fingerprint density at radius 2 is 2.21 bits per heavy atom. The number of hydrogen-bond donors (Lipinski definition) is 1. The number of amides is 1. The Hall–Kier alpha value is -1.88. The van der Waals surface area contributed by atoms with Crippen molar-refractivity contribution in [1.29, 1.82) is 0 Å². The maximum absolute atomic E-state index is 12.4. The molecule has 0 fully saturated rings. The van der Waals surface area contributed by atoms with Crippen molar-refractivity contribution in [3.8, 4) is 0 Å².